The largest absolute Gasteiger partial charge is 0.351 e. The Morgan fingerprint density at radius 1 is 1.19 bits per heavy atom. The molecule has 1 aliphatic rings. The number of hydrogen-bond donors (Lipinski definition) is 1. The van der Waals surface area contributed by atoms with Crippen molar-refractivity contribution in [2.75, 3.05) is 25.4 Å². The van der Waals surface area contributed by atoms with Gasteiger partial charge in [-0.2, -0.15) is 0 Å². The van der Waals surface area contributed by atoms with Crippen molar-refractivity contribution in [2.24, 2.45) is 0 Å². The van der Waals surface area contributed by atoms with Gasteiger partial charge in [-0.05, 0) is 49.9 Å². The van der Waals surface area contributed by atoms with Crippen molar-refractivity contribution in [2.45, 2.75) is 26.7 Å². The molecular weight excluding hydrogens is 288 g/mol. The van der Waals surface area contributed by atoms with Gasteiger partial charge in [0.2, 0.25) is 10.0 Å². The molecule has 0 aromatic heterocycles. The highest BCUT2D eigenvalue weighted by Gasteiger charge is 2.24. The average Bonchev–Trinajstić information content (AvgIpc) is 2.96. The molecule has 0 unspecified atom stereocenters. The fraction of sp³-hybridized carbons (Fsp3) is 0.533. The summed E-state index contributed by atoms with van der Waals surface area (Å²) in [4.78, 5) is 12.0. The highest BCUT2D eigenvalue weighted by Crippen LogP contribution is 2.13. The quantitative estimate of drug-likeness (QED) is 0.895. The molecule has 1 aliphatic heterocycles. The maximum absolute atomic E-state index is 12.0. The van der Waals surface area contributed by atoms with Crippen LogP contribution in [0.2, 0.25) is 0 Å². The van der Waals surface area contributed by atoms with Crippen LogP contribution < -0.4 is 5.32 Å². The Balaban J connectivity index is 1.88. The number of rotatable bonds is 5. The van der Waals surface area contributed by atoms with Crippen molar-refractivity contribution < 1.29 is 13.2 Å². The summed E-state index contributed by atoms with van der Waals surface area (Å²) in [5.74, 6) is -0.265. The van der Waals surface area contributed by atoms with Crippen LogP contribution in [0.25, 0.3) is 0 Å². The minimum Gasteiger partial charge on any atom is -0.351 e. The SMILES string of the molecule is Cc1ccc(C(=O)NCCS(=O)(=O)N2CCCC2)cc1C. The smallest absolute Gasteiger partial charge is 0.251 e. The first kappa shape index (κ1) is 16.0. The van der Waals surface area contributed by atoms with Crippen molar-refractivity contribution in [1.82, 2.24) is 9.62 Å². The summed E-state index contributed by atoms with van der Waals surface area (Å²) in [5, 5.41) is 2.68. The van der Waals surface area contributed by atoms with Gasteiger partial charge in [0.15, 0.2) is 0 Å². The van der Waals surface area contributed by atoms with Crippen molar-refractivity contribution in [3.8, 4) is 0 Å². The highest BCUT2D eigenvalue weighted by molar-refractivity contribution is 7.89. The van der Waals surface area contributed by atoms with Crippen LogP contribution in [0.3, 0.4) is 0 Å². The Hall–Kier alpha value is -1.40. The predicted molar refractivity (Wildman–Crippen MR) is 82.8 cm³/mol. The van der Waals surface area contributed by atoms with Crippen LogP contribution in [0.15, 0.2) is 18.2 Å². The number of carbonyl (C=O) groups is 1. The van der Waals surface area contributed by atoms with Gasteiger partial charge in [0, 0.05) is 25.2 Å². The number of carbonyl (C=O) groups excluding carboxylic acids is 1. The van der Waals surface area contributed by atoms with Gasteiger partial charge in [-0.25, -0.2) is 12.7 Å². The van der Waals surface area contributed by atoms with Crippen LogP contribution in [0.4, 0.5) is 0 Å². The van der Waals surface area contributed by atoms with E-state index in [-0.39, 0.29) is 18.2 Å². The van der Waals surface area contributed by atoms with E-state index in [4.69, 9.17) is 0 Å². The van der Waals surface area contributed by atoms with Crippen molar-refractivity contribution in [1.29, 1.82) is 0 Å². The van der Waals surface area contributed by atoms with Gasteiger partial charge in [0.1, 0.15) is 0 Å². The van der Waals surface area contributed by atoms with Crippen LogP contribution >= 0.6 is 0 Å². The topological polar surface area (TPSA) is 66.5 Å². The van der Waals surface area contributed by atoms with Gasteiger partial charge >= 0.3 is 0 Å². The number of nitrogens with zero attached hydrogens (tertiary/aromatic N) is 1. The molecule has 1 heterocycles. The Morgan fingerprint density at radius 3 is 2.48 bits per heavy atom. The number of hydrogen-bond acceptors (Lipinski definition) is 3. The predicted octanol–water partition coefficient (Wildman–Crippen LogP) is 1.46. The molecule has 5 nitrogen and oxygen atoms in total. The fourth-order valence-corrected chi connectivity index (χ4v) is 3.81. The summed E-state index contributed by atoms with van der Waals surface area (Å²) in [6, 6.07) is 5.47. The first-order chi connectivity index (χ1) is 9.90. The minimum atomic E-state index is -3.23. The van der Waals surface area contributed by atoms with E-state index in [0.29, 0.717) is 18.7 Å². The second-order valence-electron chi connectivity index (χ2n) is 5.48. The molecule has 0 saturated carbocycles. The molecule has 1 aromatic rings. The number of amides is 1. The second kappa shape index (κ2) is 6.58. The van der Waals surface area contributed by atoms with Crippen molar-refractivity contribution in [3.63, 3.8) is 0 Å². The zero-order valence-electron chi connectivity index (χ0n) is 12.6. The molecule has 21 heavy (non-hydrogen) atoms. The van der Waals surface area contributed by atoms with Gasteiger partial charge in [0.25, 0.3) is 5.91 Å². The van der Waals surface area contributed by atoms with Crippen LogP contribution in [0.5, 0.6) is 0 Å². The molecular formula is C15H22N2O3S. The van der Waals surface area contributed by atoms with E-state index in [1.807, 2.05) is 26.0 Å². The van der Waals surface area contributed by atoms with Crippen molar-refractivity contribution in [3.05, 3.63) is 34.9 Å². The molecule has 0 spiro atoms. The monoisotopic (exact) mass is 310 g/mol. The summed E-state index contributed by atoms with van der Waals surface area (Å²) in [6.45, 7) is 5.29. The highest BCUT2D eigenvalue weighted by atomic mass is 32.2. The zero-order valence-corrected chi connectivity index (χ0v) is 13.4. The normalized spacial score (nSPS) is 16.1. The number of nitrogens with one attached hydrogen (secondary N) is 1. The molecule has 2 rings (SSSR count). The van der Waals surface area contributed by atoms with Crippen LogP contribution in [-0.4, -0.2) is 44.0 Å². The summed E-state index contributed by atoms with van der Waals surface area (Å²) in [5.41, 5.74) is 2.74. The van der Waals surface area contributed by atoms with E-state index in [1.165, 1.54) is 4.31 Å². The fourth-order valence-electron chi connectivity index (χ4n) is 2.37. The molecule has 0 atom stereocenters. The lowest BCUT2D eigenvalue weighted by atomic mass is 10.1. The zero-order chi connectivity index (χ0) is 15.5. The van der Waals surface area contributed by atoms with Crippen LogP contribution in [0.1, 0.15) is 34.3 Å². The molecule has 1 N–H and O–H groups in total. The van der Waals surface area contributed by atoms with E-state index in [2.05, 4.69) is 5.32 Å². The van der Waals surface area contributed by atoms with E-state index in [0.717, 1.165) is 24.0 Å². The maximum atomic E-state index is 12.0. The van der Waals surface area contributed by atoms with Crippen LogP contribution in [0, 0.1) is 13.8 Å². The second-order valence-corrected chi connectivity index (χ2v) is 7.57. The first-order valence-electron chi connectivity index (χ1n) is 7.23. The van der Waals surface area contributed by atoms with Crippen molar-refractivity contribution >= 4 is 15.9 Å². The summed E-state index contributed by atoms with van der Waals surface area (Å²) in [7, 11) is -3.23. The third-order valence-corrected chi connectivity index (χ3v) is 5.75. The molecule has 6 heteroatoms. The number of benzene rings is 1. The molecule has 1 saturated heterocycles. The van der Waals surface area contributed by atoms with Gasteiger partial charge in [-0.15, -0.1) is 0 Å². The molecule has 0 radical (unpaired) electrons. The maximum Gasteiger partial charge on any atom is 0.251 e. The first-order valence-corrected chi connectivity index (χ1v) is 8.84. The molecule has 116 valence electrons. The Labute approximate surface area is 126 Å². The average molecular weight is 310 g/mol. The van der Waals surface area contributed by atoms with E-state index in [9.17, 15) is 13.2 Å². The lowest BCUT2D eigenvalue weighted by Gasteiger charge is -2.15. The molecule has 1 aromatic carbocycles. The third-order valence-electron chi connectivity index (χ3n) is 3.87. The summed E-state index contributed by atoms with van der Waals surface area (Å²) >= 11 is 0. The van der Waals surface area contributed by atoms with Gasteiger partial charge in [0.05, 0.1) is 5.75 Å². The van der Waals surface area contributed by atoms with Gasteiger partial charge in [-0.1, -0.05) is 6.07 Å². The Kier molecular flexibility index (Phi) is 5.00. The molecule has 1 fully saturated rings. The summed E-state index contributed by atoms with van der Waals surface area (Å²) < 4.78 is 25.6. The number of sulfonamides is 1. The van der Waals surface area contributed by atoms with Gasteiger partial charge < -0.3 is 5.32 Å². The molecule has 0 bridgehead atoms. The van der Waals surface area contributed by atoms with E-state index < -0.39 is 10.0 Å². The molecule has 1 amide bonds. The Bertz CT molecular complexity index is 620. The third kappa shape index (κ3) is 4.04. The van der Waals surface area contributed by atoms with Gasteiger partial charge in [-0.3, -0.25) is 4.79 Å². The lowest BCUT2D eigenvalue weighted by molar-refractivity contribution is 0.0956. The Morgan fingerprint density at radius 2 is 1.86 bits per heavy atom. The van der Waals surface area contributed by atoms with E-state index >= 15 is 0 Å². The summed E-state index contributed by atoms with van der Waals surface area (Å²) in [6.07, 6.45) is 1.85. The minimum absolute atomic E-state index is 0.0381. The van der Waals surface area contributed by atoms with E-state index in [1.54, 1.807) is 6.07 Å². The molecule has 0 aliphatic carbocycles. The lowest BCUT2D eigenvalue weighted by Crippen LogP contribution is -2.36. The number of aryl methyl sites for hydroxylation is 2. The standard InChI is InChI=1S/C15H22N2O3S/c1-12-5-6-14(11-13(12)2)15(18)16-7-10-21(19,20)17-8-3-4-9-17/h5-6,11H,3-4,7-10H2,1-2H3,(H,16,18). The van der Waals surface area contributed by atoms with Crippen LogP contribution in [-0.2, 0) is 10.0 Å².